The van der Waals surface area contributed by atoms with Crippen molar-refractivity contribution in [3.05, 3.63) is 52.1 Å². The number of rotatable bonds is 3. The molecule has 1 aromatic carbocycles. The predicted molar refractivity (Wildman–Crippen MR) is 86.7 cm³/mol. The summed E-state index contributed by atoms with van der Waals surface area (Å²) in [5.74, 6) is -0.280. The molecular formula is C16H17N5O2. The first-order valence-electron chi connectivity index (χ1n) is 7.26. The molecule has 0 aliphatic rings. The van der Waals surface area contributed by atoms with E-state index in [1.165, 1.54) is 7.05 Å². The first-order chi connectivity index (χ1) is 11.0. The average Bonchev–Trinajstić information content (AvgIpc) is 2.91. The fourth-order valence-electron chi connectivity index (χ4n) is 2.63. The van der Waals surface area contributed by atoms with E-state index in [9.17, 15) is 9.59 Å². The summed E-state index contributed by atoms with van der Waals surface area (Å²) in [4.78, 5) is 24.1. The van der Waals surface area contributed by atoms with Gasteiger partial charge in [0.1, 0.15) is 6.54 Å². The van der Waals surface area contributed by atoms with Crippen molar-refractivity contribution in [2.75, 3.05) is 7.05 Å². The lowest BCUT2D eigenvalue weighted by Crippen LogP contribution is -2.32. The zero-order chi connectivity index (χ0) is 16.6. The summed E-state index contributed by atoms with van der Waals surface area (Å²) in [7, 11) is 1.52. The Kier molecular flexibility index (Phi) is 3.69. The van der Waals surface area contributed by atoms with Crippen molar-refractivity contribution < 1.29 is 4.79 Å². The van der Waals surface area contributed by atoms with E-state index >= 15 is 0 Å². The van der Waals surface area contributed by atoms with Gasteiger partial charge in [-0.15, -0.1) is 0 Å². The highest BCUT2D eigenvalue weighted by Gasteiger charge is 2.18. The summed E-state index contributed by atoms with van der Waals surface area (Å²) < 4.78 is 2.88. The number of amides is 1. The van der Waals surface area contributed by atoms with Crippen LogP contribution in [0.3, 0.4) is 0 Å². The van der Waals surface area contributed by atoms with Crippen LogP contribution in [0.5, 0.6) is 0 Å². The second kappa shape index (κ2) is 5.68. The van der Waals surface area contributed by atoms with E-state index in [1.807, 2.05) is 44.2 Å². The average molecular weight is 311 g/mol. The smallest absolute Gasteiger partial charge is 0.295 e. The van der Waals surface area contributed by atoms with Gasteiger partial charge in [0.2, 0.25) is 5.91 Å². The van der Waals surface area contributed by atoms with Crippen molar-refractivity contribution in [1.29, 1.82) is 0 Å². The number of carbonyl (C=O) groups excluding carboxylic acids is 1. The van der Waals surface area contributed by atoms with Gasteiger partial charge < -0.3 is 5.32 Å². The van der Waals surface area contributed by atoms with Gasteiger partial charge in [-0.1, -0.05) is 18.2 Å². The number of hydrogen-bond donors (Lipinski definition) is 1. The number of hydrogen-bond acceptors (Lipinski definition) is 4. The molecule has 7 heteroatoms. The number of nitrogens with one attached hydrogen (secondary N) is 1. The number of likely N-dealkylation sites (N-methyl/N-ethyl adjacent to an activating group) is 1. The van der Waals surface area contributed by atoms with Crippen LogP contribution in [0, 0.1) is 13.8 Å². The zero-order valence-corrected chi connectivity index (χ0v) is 13.2. The Morgan fingerprint density at radius 3 is 2.52 bits per heavy atom. The lowest BCUT2D eigenvalue weighted by atomic mass is 10.2. The lowest BCUT2D eigenvalue weighted by molar-refractivity contribution is -0.121. The molecule has 2 aromatic heterocycles. The number of benzene rings is 1. The molecule has 23 heavy (non-hydrogen) atoms. The summed E-state index contributed by atoms with van der Waals surface area (Å²) >= 11 is 0. The number of para-hydroxylation sites is 1. The van der Waals surface area contributed by atoms with E-state index in [0.29, 0.717) is 11.2 Å². The van der Waals surface area contributed by atoms with Gasteiger partial charge in [0.25, 0.3) is 5.56 Å². The topological polar surface area (TPSA) is 81.8 Å². The van der Waals surface area contributed by atoms with E-state index in [0.717, 1.165) is 21.4 Å². The highest BCUT2D eigenvalue weighted by Crippen LogP contribution is 2.20. The molecule has 118 valence electrons. The van der Waals surface area contributed by atoms with Gasteiger partial charge in [-0.2, -0.15) is 10.2 Å². The Morgan fingerprint density at radius 2 is 1.87 bits per heavy atom. The molecule has 0 fully saturated rings. The molecule has 0 atom stereocenters. The van der Waals surface area contributed by atoms with Crippen molar-refractivity contribution in [2.45, 2.75) is 20.4 Å². The first-order valence-corrected chi connectivity index (χ1v) is 7.26. The van der Waals surface area contributed by atoms with E-state index in [4.69, 9.17) is 0 Å². The number of aryl methyl sites for hydroxylation is 2. The summed E-state index contributed by atoms with van der Waals surface area (Å²) in [6, 6.07) is 9.59. The molecule has 0 aliphatic heterocycles. The van der Waals surface area contributed by atoms with Gasteiger partial charge in [-0.3, -0.25) is 9.59 Å². The minimum absolute atomic E-state index is 0.122. The fraction of sp³-hybridized carbons (Fsp3) is 0.250. The summed E-state index contributed by atoms with van der Waals surface area (Å²) in [6.45, 7) is 3.59. The van der Waals surface area contributed by atoms with Crippen molar-refractivity contribution in [3.8, 4) is 5.69 Å². The molecule has 0 radical (unpaired) electrons. The molecule has 0 bridgehead atoms. The van der Waals surface area contributed by atoms with E-state index in [-0.39, 0.29) is 18.0 Å². The molecule has 0 unspecified atom stereocenters. The Bertz CT molecular complexity index is 940. The van der Waals surface area contributed by atoms with Gasteiger partial charge >= 0.3 is 0 Å². The monoisotopic (exact) mass is 311 g/mol. The number of fused-ring (bicyclic) bond motifs is 1. The number of nitrogens with zero attached hydrogens (tertiary/aromatic N) is 4. The normalized spacial score (nSPS) is 10.9. The first kappa shape index (κ1) is 15.0. The standard InChI is InChI=1S/C16H17N5O2/c1-10-14-11(2)21(12-7-5-4-6-8-12)19-15(14)16(23)20(18-10)9-13(22)17-3/h4-8H,9H2,1-3H3,(H,17,22). The zero-order valence-electron chi connectivity index (χ0n) is 13.2. The SMILES string of the molecule is CNC(=O)Cn1nc(C)c2c(C)n(-c3ccccc3)nc2c1=O. The summed E-state index contributed by atoms with van der Waals surface area (Å²) in [6.07, 6.45) is 0. The minimum Gasteiger partial charge on any atom is -0.358 e. The third-order valence-electron chi connectivity index (χ3n) is 3.76. The summed E-state index contributed by atoms with van der Waals surface area (Å²) in [5.41, 5.74) is 2.34. The Hall–Kier alpha value is -2.96. The van der Waals surface area contributed by atoms with E-state index in [1.54, 1.807) is 4.68 Å². The van der Waals surface area contributed by atoms with E-state index in [2.05, 4.69) is 15.5 Å². The molecule has 1 N–H and O–H groups in total. The molecule has 0 spiro atoms. The quantitative estimate of drug-likeness (QED) is 0.780. The van der Waals surface area contributed by atoms with Gasteiger partial charge in [-0.25, -0.2) is 9.36 Å². The Morgan fingerprint density at radius 1 is 1.17 bits per heavy atom. The van der Waals surface area contributed by atoms with Crippen LogP contribution in [0.25, 0.3) is 16.6 Å². The largest absolute Gasteiger partial charge is 0.358 e. The maximum Gasteiger partial charge on any atom is 0.295 e. The molecular weight excluding hydrogens is 294 g/mol. The minimum atomic E-state index is -0.369. The van der Waals surface area contributed by atoms with Crippen LogP contribution in [0.15, 0.2) is 35.1 Å². The van der Waals surface area contributed by atoms with Crippen molar-refractivity contribution >= 4 is 16.8 Å². The van der Waals surface area contributed by atoms with Crippen LogP contribution in [-0.2, 0) is 11.3 Å². The number of aromatic nitrogens is 4. The molecule has 2 heterocycles. The molecule has 3 rings (SSSR count). The summed E-state index contributed by atoms with van der Waals surface area (Å²) in [5, 5.41) is 11.9. The van der Waals surface area contributed by atoms with Gasteiger partial charge in [-0.05, 0) is 26.0 Å². The van der Waals surface area contributed by atoms with E-state index < -0.39 is 0 Å². The highest BCUT2D eigenvalue weighted by molar-refractivity contribution is 5.83. The molecule has 0 saturated heterocycles. The van der Waals surface area contributed by atoms with Crippen LogP contribution in [0.1, 0.15) is 11.4 Å². The molecule has 0 saturated carbocycles. The second-order valence-electron chi connectivity index (χ2n) is 5.28. The molecule has 7 nitrogen and oxygen atoms in total. The third-order valence-corrected chi connectivity index (χ3v) is 3.76. The van der Waals surface area contributed by atoms with Gasteiger partial charge in [0.05, 0.1) is 22.5 Å². The van der Waals surface area contributed by atoms with Crippen molar-refractivity contribution in [2.24, 2.45) is 0 Å². The Balaban J connectivity index is 2.24. The van der Waals surface area contributed by atoms with Crippen molar-refractivity contribution in [1.82, 2.24) is 24.9 Å². The maximum absolute atomic E-state index is 12.6. The van der Waals surface area contributed by atoms with Crippen LogP contribution < -0.4 is 10.9 Å². The molecule has 1 amide bonds. The highest BCUT2D eigenvalue weighted by atomic mass is 16.2. The van der Waals surface area contributed by atoms with Crippen LogP contribution in [0.4, 0.5) is 0 Å². The van der Waals surface area contributed by atoms with Crippen LogP contribution in [-0.4, -0.2) is 32.5 Å². The predicted octanol–water partition coefficient (Wildman–Crippen LogP) is 0.945. The maximum atomic E-state index is 12.6. The third kappa shape index (κ3) is 2.50. The molecule has 0 aliphatic carbocycles. The van der Waals surface area contributed by atoms with Crippen LogP contribution in [0.2, 0.25) is 0 Å². The second-order valence-corrected chi connectivity index (χ2v) is 5.28. The lowest BCUT2D eigenvalue weighted by Gasteiger charge is -2.05. The van der Waals surface area contributed by atoms with Crippen LogP contribution >= 0.6 is 0 Å². The van der Waals surface area contributed by atoms with Gasteiger partial charge in [0.15, 0.2) is 5.52 Å². The van der Waals surface area contributed by atoms with Crippen molar-refractivity contribution in [3.63, 3.8) is 0 Å². The fourth-order valence-corrected chi connectivity index (χ4v) is 2.63. The van der Waals surface area contributed by atoms with Gasteiger partial charge in [0, 0.05) is 7.05 Å². The Labute approximate surface area is 132 Å². The molecule has 3 aromatic rings. The number of carbonyl (C=O) groups is 1.